The highest BCUT2D eigenvalue weighted by molar-refractivity contribution is 7.18. The highest BCUT2D eigenvalue weighted by atomic mass is 32.1. The number of urea groups is 1. The summed E-state index contributed by atoms with van der Waals surface area (Å²) < 4.78 is 9.90. The molecule has 3 N–H and O–H groups in total. The molecule has 2 amide bonds. The van der Waals surface area contributed by atoms with Gasteiger partial charge in [0.2, 0.25) is 0 Å². The monoisotopic (exact) mass is 372 g/mol. The Balaban J connectivity index is 3.04. The number of amides is 2. The largest absolute Gasteiger partial charge is 0.481 e. The lowest BCUT2D eigenvalue weighted by atomic mass is 10.1. The predicted molar refractivity (Wildman–Crippen MR) is 90.2 cm³/mol. The van der Waals surface area contributed by atoms with E-state index in [4.69, 9.17) is 14.6 Å². The Bertz CT molecular complexity index is 669. The van der Waals surface area contributed by atoms with Crippen LogP contribution < -0.4 is 10.6 Å². The van der Waals surface area contributed by atoms with E-state index in [-0.39, 0.29) is 41.6 Å². The Morgan fingerprint density at radius 3 is 2.24 bits per heavy atom. The maximum absolute atomic E-state index is 12.1. The van der Waals surface area contributed by atoms with Gasteiger partial charge in [-0.05, 0) is 26.3 Å². The van der Waals surface area contributed by atoms with Gasteiger partial charge < -0.3 is 19.9 Å². The number of carbonyl (C=O) groups excluding carboxylic acids is 3. The van der Waals surface area contributed by atoms with E-state index in [1.165, 1.54) is 0 Å². The summed E-state index contributed by atoms with van der Waals surface area (Å²) in [7, 11) is 0. The van der Waals surface area contributed by atoms with Crippen LogP contribution in [0.5, 0.6) is 0 Å². The Kier molecular flexibility index (Phi) is 7.86. The van der Waals surface area contributed by atoms with Crippen LogP contribution in [0.4, 0.5) is 9.80 Å². The number of rotatable bonds is 8. The van der Waals surface area contributed by atoms with Gasteiger partial charge in [-0.25, -0.2) is 14.4 Å². The number of aliphatic carboxylic acids is 1. The van der Waals surface area contributed by atoms with Crippen LogP contribution in [0.2, 0.25) is 0 Å². The van der Waals surface area contributed by atoms with Crippen molar-refractivity contribution in [1.82, 2.24) is 5.32 Å². The first-order valence-electron chi connectivity index (χ1n) is 7.56. The van der Waals surface area contributed by atoms with Crippen molar-refractivity contribution < 1.29 is 33.8 Å². The second-order valence-corrected chi connectivity index (χ2v) is 5.75. The molecule has 1 aromatic heterocycles. The number of thiophene rings is 1. The summed E-state index contributed by atoms with van der Waals surface area (Å²) in [6, 6.07) is -0.691. The Labute approximate surface area is 148 Å². The van der Waals surface area contributed by atoms with Crippen LogP contribution in [0.15, 0.2) is 0 Å². The smallest absolute Gasteiger partial charge is 0.348 e. The lowest BCUT2D eigenvalue weighted by Crippen LogP contribution is -2.30. The lowest BCUT2D eigenvalue weighted by molar-refractivity contribution is -0.136. The molecule has 0 aliphatic carbocycles. The topological polar surface area (TPSA) is 131 Å². The molecule has 138 valence electrons. The number of esters is 2. The lowest BCUT2D eigenvalue weighted by Gasteiger charge is -2.07. The summed E-state index contributed by atoms with van der Waals surface area (Å²) >= 11 is 0.893. The van der Waals surface area contributed by atoms with Crippen molar-refractivity contribution in [3.05, 3.63) is 16.0 Å². The van der Waals surface area contributed by atoms with Gasteiger partial charge >= 0.3 is 23.9 Å². The molecule has 25 heavy (non-hydrogen) atoms. The molecular formula is C15H20N2O7S. The molecule has 0 aliphatic rings. The minimum absolute atomic E-state index is 0.0725. The van der Waals surface area contributed by atoms with Crippen molar-refractivity contribution in [1.29, 1.82) is 0 Å². The predicted octanol–water partition coefficient (Wildman–Crippen LogP) is 2.01. The molecule has 0 saturated carbocycles. The Morgan fingerprint density at radius 1 is 1.08 bits per heavy atom. The summed E-state index contributed by atoms with van der Waals surface area (Å²) in [4.78, 5) is 46.6. The summed E-state index contributed by atoms with van der Waals surface area (Å²) in [6.45, 7) is 5.07. The van der Waals surface area contributed by atoms with Gasteiger partial charge in [0.15, 0.2) is 0 Å². The highest BCUT2D eigenvalue weighted by Gasteiger charge is 2.27. The van der Waals surface area contributed by atoms with Gasteiger partial charge in [-0.3, -0.25) is 10.1 Å². The zero-order valence-electron chi connectivity index (χ0n) is 14.1. The van der Waals surface area contributed by atoms with Crippen molar-refractivity contribution in [3.63, 3.8) is 0 Å². The molecule has 9 nitrogen and oxygen atoms in total. The maximum atomic E-state index is 12.1. The van der Waals surface area contributed by atoms with E-state index >= 15 is 0 Å². The zero-order chi connectivity index (χ0) is 19.0. The van der Waals surface area contributed by atoms with Gasteiger partial charge in [0, 0.05) is 6.54 Å². The van der Waals surface area contributed by atoms with Crippen molar-refractivity contribution in [2.75, 3.05) is 25.1 Å². The molecule has 0 bridgehead atoms. The fraction of sp³-hybridized carbons (Fsp3) is 0.467. The molecule has 1 heterocycles. The Morgan fingerprint density at radius 2 is 1.68 bits per heavy atom. The quantitative estimate of drug-likeness (QED) is 0.595. The standard InChI is InChI=1S/C15H20N2O7S/c1-4-23-13(20)10-8(3)11(14(21)24-5-2)25-12(10)17-15(22)16-7-6-9(18)19/h4-7H2,1-3H3,(H,18,19)(H2,16,17,22). The van der Waals surface area contributed by atoms with Crippen molar-refractivity contribution >= 4 is 40.3 Å². The number of ether oxygens (including phenoxy) is 2. The first-order valence-corrected chi connectivity index (χ1v) is 8.37. The molecule has 1 rings (SSSR count). The molecule has 0 aromatic carbocycles. The van der Waals surface area contributed by atoms with E-state index in [9.17, 15) is 19.2 Å². The van der Waals surface area contributed by atoms with E-state index in [1.807, 2.05) is 0 Å². The second kappa shape index (κ2) is 9.62. The maximum Gasteiger partial charge on any atom is 0.348 e. The van der Waals surface area contributed by atoms with E-state index in [2.05, 4.69) is 10.6 Å². The summed E-state index contributed by atoms with van der Waals surface area (Å²) in [5.74, 6) is -2.33. The van der Waals surface area contributed by atoms with Crippen LogP contribution in [0.25, 0.3) is 0 Å². The summed E-state index contributed by atoms with van der Waals surface area (Å²) in [6.07, 6.45) is -0.240. The Hall–Kier alpha value is -2.62. The van der Waals surface area contributed by atoms with Gasteiger partial charge in [0.05, 0.1) is 25.2 Å². The third-order valence-electron chi connectivity index (χ3n) is 2.94. The van der Waals surface area contributed by atoms with Crippen molar-refractivity contribution in [2.24, 2.45) is 0 Å². The third-order valence-corrected chi connectivity index (χ3v) is 4.13. The number of hydrogen-bond donors (Lipinski definition) is 3. The molecule has 0 spiro atoms. The number of hydrogen-bond acceptors (Lipinski definition) is 7. The van der Waals surface area contributed by atoms with Crippen molar-refractivity contribution in [2.45, 2.75) is 27.2 Å². The van der Waals surface area contributed by atoms with Gasteiger partial charge in [-0.1, -0.05) is 0 Å². The number of anilines is 1. The van der Waals surface area contributed by atoms with E-state index in [0.29, 0.717) is 5.56 Å². The number of carboxylic acid groups (broad SMARTS) is 1. The first kappa shape index (κ1) is 20.4. The van der Waals surface area contributed by atoms with E-state index < -0.39 is 23.9 Å². The molecule has 0 fully saturated rings. The molecule has 0 aliphatic heterocycles. The van der Waals surface area contributed by atoms with Crippen LogP contribution in [-0.4, -0.2) is 48.8 Å². The molecule has 1 aromatic rings. The van der Waals surface area contributed by atoms with E-state index in [0.717, 1.165) is 11.3 Å². The van der Waals surface area contributed by atoms with Gasteiger partial charge in [-0.15, -0.1) is 11.3 Å². The van der Waals surface area contributed by atoms with Crippen LogP contribution in [0.3, 0.4) is 0 Å². The van der Waals surface area contributed by atoms with Crippen molar-refractivity contribution in [3.8, 4) is 0 Å². The molecule has 0 unspecified atom stereocenters. The SMILES string of the molecule is CCOC(=O)c1sc(NC(=O)NCCC(=O)O)c(C(=O)OCC)c1C. The minimum Gasteiger partial charge on any atom is -0.481 e. The molecular weight excluding hydrogens is 352 g/mol. The number of nitrogens with one attached hydrogen (secondary N) is 2. The van der Waals surface area contributed by atoms with Gasteiger partial charge in [0.1, 0.15) is 9.88 Å². The average Bonchev–Trinajstić information content (AvgIpc) is 2.83. The molecule has 0 saturated heterocycles. The average molecular weight is 372 g/mol. The fourth-order valence-corrected chi connectivity index (χ4v) is 2.96. The van der Waals surface area contributed by atoms with Crippen LogP contribution in [-0.2, 0) is 14.3 Å². The van der Waals surface area contributed by atoms with Crippen LogP contribution in [0, 0.1) is 6.92 Å². The minimum atomic E-state index is -1.05. The van der Waals surface area contributed by atoms with Gasteiger partial charge in [0.25, 0.3) is 0 Å². The number of carbonyl (C=O) groups is 4. The highest BCUT2D eigenvalue weighted by Crippen LogP contribution is 2.34. The molecule has 10 heteroatoms. The molecule has 0 atom stereocenters. The summed E-state index contributed by atoms with van der Waals surface area (Å²) in [5, 5.41) is 13.5. The second-order valence-electron chi connectivity index (χ2n) is 4.73. The van der Waals surface area contributed by atoms with Crippen LogP contribution in [0.1, 0.15) is 45.9 Å². The first-order chi connectivity index (χ1) is 11.8. The van der Waals surface area contributed by atoms with E-state index in [1.54, 1.807) is 20.8 Å². The third kappa shape index (κ3) is 5.75. The fourth-order valence-electron chi connectivity index (χ4n) is 1.87. The summed E-state index contributed by atoms with van der Waals surface area (Å²) in [5.41, 5.74) is 0.422. The normalized spacial score (nSPS) is 10.0. The number of carboxylic acids is 1. The van der Waals surface area contributed by atoms with Crippen LogP contribution >= 0.6 is 11.3 Å². The molecule has 0 radical (unpaired) electrons. The zero-order valence-corrected chi connectivity index (χ0v) is 14.9. The van der Waals surface area contributed by atoms with Gasteiger partial charge in [-0.2, -0.15) is 0 Å².